The first kappa shape index (κ1) is 12.8. The molecule has 2 atom stereocenters. The smallest absolute Gasteiger partial charge is 0.157 e. The van der Waals surface area contributed by atoms with Crippen molar-refractivity contribution in [2.45, 2.75) is 64.3 Å². The summed E-state index contributed by atoms with van der Waals surface area (Å²) in [6.07, 6.45) is 9.64. The van der Waals surface area contributed by atoms with Crippen LogP contribution in [0.15, 0.2) is 4.99 Å². The van der Waals surface area contributed by atoms with Gasteiger partial charge in [-0.05, 0) is 37.0 Å². The number of amidine groups is 1. The van der Waals surface area contributed by atoms with Gasteiger partial charge in [-0.2, -0.15) is 0 Å². The standard InChI is InChI=1S/C15H26N2S/c1-12-5-3-8-15(9-12)11-18-13(17-15)16-10-14(2)6-4-7-14/h12H,3-11H2,1-2H3,(H,16,17). The first-order valence-corrected chi connectivity index (χ1v) is 8.53. The minimum Gasteiger partial charge on any atom is -0.359 e. The van der Waals surface area contributed by atoms with E-state index in [1.54, 1.807) is 0 Å². The van der Waals surface area contributed by atoms with E-state index in [4.69, 9.17) is 4.99 Å². The average molecular weight is 266 g/mol. The summed E-state index contributed by atoms with van der Waals surface area (Å²) in [5, 5.41) is 5.00. The predicted molar refractivity (Wildman–Crippen MR) is 80.2 cm³/mol. The molecule has 0 radical (unpaired) electrons. The zero-order valence-corrected chi connectivity index (χ0v) is 12.6. The van der Waals surface area contributed by atoms with Gasteiger partial charge in [0.25, 0.3) is 0 Å². The molecule has 2 unspecified atom stereocenters. The van der Waals surface area contributed by atoms with Crippen molar-refractivity contribution in [1.29, 1.82) is 0 Å². The largest absolute Gasteiger partial charge is 0.359 e. The number of thioether (sulfide) groups is 1. The molecule has 0 amide bonds. The maximum absolute atomic E-state index is 4.86. The molecule has 2 nitrogen and oxygen atoms in total. The van der Waals surface area contributed by atoms with Crippen LogP contribution in [0.3, 0.4) is 0 Å². The first-order valence-electron chi connectivity index (χ1n) is 7.55. The van der Waals surface area contributed by atoms with E-state index in [0.717, 1.165) is 12.5 Å². The van der Waals surface area contributed by atoms with Crippen molar-refractivity contribution in [2.75, 3.05) is 12.3 Å². The minimum atomic E-state index is 0.391. The predicted octanol–water partition coefficient (Wildman–Crippen LogP) is 3.82. The molecule has 102 valence electrons. The molecule has 2 aliphatic carbocycles. The van der Waals surface area contributed by atoms with Crippen LogP contribution < -0.4 is 5.32 Å². The number of aliphatic imine (C=N–C) groups is 1. The van der Waals surface area contributed by atoms with Crippen molar-refractivity contribution in [2.24, 2.45) is 16.3 Å². The van der Waals surface area contributed by atoms with Crippen molar-refractivity contribution in [3.05, 3.63) is 0 Å². The van der Waals surface area contributed by atoms with E-state index < -0.39 is 0 Å². The first-order chi connectivity index (χ1) is 8.59. The molecule has 18 heavy (non-hydrogen) atoms. The highest BCUT2D eigenvalue weighted by Gasteiger charge is 2.40. The Morgan fingerprint density at radius 2 is 2.17 bits per heavy atom. The summed E-state index contributed by atoms with van der Waals surface area (Å²) in [7, 11) is 0. The van der Waals surface area contributed by atoms with Crippen LogP contribution in [0, 0.1) is 11.3 Å². The van der Waals surface area contributed by atoms with Crippen molar-refractivity contribution < 1.29 is 0 Å². The number of nitrogens with zero attached hydrogens (tertiary/aromatic N) is 1. The molecule has 0 bridgehead atoms. The highest BCUT2D eigenvalue weighted by molar-refractivity contribution is 8.14. The molecule has 1 saturated heterocycles. The Morgan fingerprint density at radius 1 is 1.33 bits per heavy atom. The lowest BCUT2D eigenvalue weighted by Crippen LogP contribution is -2.47. The second kappa shape index (κ2) is 4.73. The van der Waals surface area contributed by atoms with Gasteiger partial charge in [0, 0.05) is 17.8 Å². The molecule has 1 aliphatic heterocycles. The van der Waals surface area contributed by atoms with Crippen LogP contribution in [0.2, 0.25) is 0 Å². The molecule has 3 fully saturated rings. The van der Waals surface area contributed by atoms with Gasteiger partial charge in [0.15, 0.2) is 5.17 Å². The topological polar surface area (TPSA) is 24.4 Å². The number of rotatable bonds is 2. The number of hydrogen-bond acceptors (Lipinski definition) is 2. The van der Waals surface area contributed by atoms with Crippen LogP contribution in [0.4, 0.5) is 0 Å². The van der Waals surface area contributed by atoms with Crippen LogP contribution in [-0.4, -0.2) is 23.0 Å². The molecule has 0 aromatic rings. The van der Waals surface area contributed by atoms with Crippen molar-refractivity contribution in [3.63, 3.8) is 0 Å². The van der Waals surface area contributed by atoms with Gasteiger partial charge in [0.05, 0.1) is 0 Å². The fourth-order valence-electron chi connectivity index (χ4n) is 3.70. The molecule has 1 heterocycles. The van der Waals surface area contributed by atoms with Gasteiger partial charge in [-0.25, -0.2) is 0 Å². The summed E-state index contributed by atoms with van der Waals surface area (Å²) in [5.74, 6) is 2.13. The van der Waals surface area contributed by atoms with Crippen molar-refractivity contribution >= 4 is 16.9 Å². The molecule has 1 N–H and O–H groups in total. The summed E-state index contributed by atoms with van der Waals surface area (Å²) in [6.45, 7) is 5.82. The Kier molecular flexibility index (Phi) is 3.38. The van der Waals surface area contributed by atoms with E-state index in [1.165, 1.54) is 55.9 Å². The zero-order chi connectivity index (χ0) is 12.6. The van der Waals surface area contributed by atoms with Crippen molar-refractivity contribution in [3.8, 4) is 0 Å². The highest BCUT2D eigenvalue weighted by Crippen LogP contribution is 2.42. The van der Waals surface area contributed by atoms with E-state index in [2.05, 4.69) is 19.2 Å². The van der Waals surface area contributed by atoms with Gasteiger partial charge in [0.1, 0.15) is 0 Å². The molecule has 0 aromatic heterocycles. The minimum absolute atomic E-state index is 0.391. The molecule has 1 spiro atoms. The fourth-order valence-corrected chi connectivity index (χ4v) is 4.89. The lowest BCUT2D eigenvalue weighted by molar-refractivity contribution is 0.173. The Morgan fingerprint density at radius 3 is 2.83 bits per heavy atom. The van der Waals surface area contributed by atoms with Gasteiger partial charge < -0.3 is 5.32 Å². The van der Waals surface area contributed by atoms with E-state index >= 15 is 0 Å². The molecule has 3 heteroatoms. The Hall–Kier alpha value is -0.180. The second-order valence-electron chi connectivity index (χ2n) is 7.18. The van der Waals surface area contributed by atoms with Gasteiger partial charge in [-0.1, -0.05) is 44.9 Å². The van der Waals surface area contributed by atoms with Crippen LogP contribution >= 0.6 is 11.8 Å². The summed E-state index contributed by atoms with van der Waals surface area (Å²) < 4.78 is 0. The van der Waals surface area contributed by atoms with Gasteiger partial charge >= 0.3 is 0 Å². The Labute approximate surface area is 115 Å². The third kappa shape index (κ3) is 2.56. The van der Waals surface area contributed by atoms with Gasteiger partial charge in [0.2, 0.25) is 0 Å². The third-order valence-corrected chi connectivity index (χ3v) is 6.32. The second-order valence-corrected chi connectivity index (χ2v) is 8.15. The molecule has 3 aliphatic rings. The highest BCUT2D eigenvalue weighted by atomic mass is 32.2. The lowest BCUT2D eigenvalue weighted by Gasteiger charge is -2.37. The van der Waals surface area contributed by atoms with Crippen LogP contribution in [0.1, 0.15) is 58.8 Å². The van der Waals surface area contributed by atoms with E-state index in [-0.39, 0.29) is 0 Å². The molecular weight excluding hydrogens is 240 g/mol. The SMILES string of the molecule is CC1CCCC2(CSC(=NCC3(C)CCC3)N2)C1. The monoisotopic (exact) mass is 266 g/mol. The molecule has 3 rings (SSSR count). The van der Waals surface area contributed by atoms with Crippen molar-refractivity contribution in [1.82, 2.24) is 5.32 Å². The zero-order valence-electron chi connectivity index (χ0n) is 11.8. The lowest BCUT2D eigenvalue weighted by atomic mass is 9.71. The van der Waals surface area contributed by atoms with Gasteiger partial charge in [-0.3, -0.25) is 4.99 Å². The Bertz CT molecular complexity index is 348. The molecule has 2 saturated carbocycles. The average Bonchev–Trinajstić information content (AvgIpc) is 2.67. The summed E-state index contributed by atoms with van der Waals surface area (Å²) in [5.41, 5.74) is 0.909. The quantitative estimate of drug-likeness (QED) is 0.821. The molecule has 0 aromatic carbocycles. The summed E-state index contributed by atoms with van der Waals surface area (Å²) >= 11 is 1.96. The van der Waals surface area contributed by atoms with Crippen LogP contribution in [-0.2, 0) is 0 Å². The number of nitrogens with one attached hydrogen (secondary N) is 1. The molecular formula is C15H26N2S. The van der Waals surface area contributed by atoms with E-state index in [1.807, 2.05) is 11.8 Å². The van der Waals surface area contributed by atoms with E-state index in [9.17, 15) is 0 Å². The van der Waals surface area contributed by atoms with Crippen LogP contribution in [0.5, 0.6) is 0 Å². The third-order valence-electron chi connectivity index (χ3n) is 5.11. The maximum atomic E-state index is 4.86. The van der Waals surface area contributed by atoms with Gasteiger partial charge in [-0.15, -0.1) is 0 Å². The maximum Gasteiger partial charge on any atom is 0.157 e. The summed E-state index contributed by atoms with van der Waals surface area (Å²) in [6, 6.07) is 0. The fraction of sp³-hybridized carbons (Fsp3) is 0.933. The van der Waals surface area contributed by atoms with Crippen LogP contribution in [0.25, 0.3) is 0 Å². The Balaban J connectivity index is 1.58. The van der Waals surface area contributed by atoms with E-state index in [0.29, 0.717) is 11.0 Å². The summed E-state index contributed by atoms with van der Waals surface area (Å²) in [4.78, 5) is 4.86. The number of hydrogen-bond donors (Lipinski definition) is 1. The normalized spacial score (nSPS) is 40.8.